The van der Waals surface area contributed by atoms with E-state index in [1.807, 2.05) is 6.07 Å². The molecule has 0 aromatic heterocycles. The molecule has 4 rings (SSSR count). The lowest BCUT2D eigenvalue weighted by Crippen LogP contribution is -2.44. The number of likely N-dealkylation sites (tertiary alicyclic amines) is 1. The van der Waals surface area contributed by atoms with E-state index in [1.54, 1.807) is 0 Å². The number of piperidine rings is 1. The summed E-state index contributed by atoms with van der Waals surface area (Å²) in [7, 11) is 0. The van der Waals surface area contributed by atoms with E-state index in [-0.39, 0.29) is 5.92 Å². The van der Waals surface area contributed by atoms with Gasteiger partial charge in [0.2, 0.25) is 5.91 Å². The van der Waals surface area contributed by atoms with E-state index in [9.17, 15) is 4.79 Å². The first kappa shape index (κ1) is 20.2. The van der Waals surface area contributed by atoms with Gasteiger partial charge in [-0.25, -0.2) is 0 Å². The van der Waals surface area contributed by atoms with Crippen molar-refractivity contribution in [3.05, 3.63) is 71.8 Å². The summed E-state index contributed by atoms with van der Waals surface area (Å²) in [5.41, 5.74) is 2.67. The second-order valence-corrected chi connectivity index (χ2v) is 9.05. The van der Waals surface area contributed by atoms with Crippen LogP contribution in [-0.2, 0) is 17.8 Å². The average molecular weight is 391 g/mol. The van der Waals surface area contributed by atoms with E-state index in [0.29, 0.717) is 17.9 Å². The van der Waals surface area contributed by atoms with Crippen LogP contribution in [0.25, 0.3) is 0 Å². The summed E-state index contributed by atoms with van der Waals surface area (Å²) in [5.74, 6) is 1.25. The number of nitrogens with zero attached hydrogens (tertiary/aromatic N) is 2. The number of amides is 1. The van der Waals surface area contributed by atoms with Crippen LogP contribution in [0, 0.1) is 11.8 Å². The van der Waals surface area contributed by atoms with Crippen molar-refractivity contribution in [2.45, 2.75) is 51.6 Å². The fraction of sp³-hybridized carbons (Fsp3) is 0.500. The zero-order valence-electron chi connectivity index (χ0n) is 17.7. The summed E-state index contributed by atoms with van der Waals surface area (Å²) in [6.45, 7) is 6.36. The first-order chi connectivity index (χ1) is 14.2. The van der Waals surface area contributed by atoms with E-state index in [1.165, 1.54) is 24.0 Å². The number of rotatable bonds is 8. The molecule has 1 amide bonds. The van der Waals surface area contributed by atoms with Crippen LogP contribution in [-0.4, -0.2) is 41.4 Å². The van der Waals surface area contributed by atoms with E-state index in [2.05, 4.69) is 71.3 Å². The second-order valence-electron chi connectivity index (χ2n) is 9.05. The molecule has 3 heteroatoms. The van der Waals surface area contributed by atoms with Crippen LogP contribution in [0.3, 0.4) is 0 Å². The van der Waals surface area contributed by atoms with Crippen molar-refractivity contribution in [2.75, 3.05) is 19.6 Å². The summed E-state index contributed by atoms with van der Waals surface area (Å²) in [5, 5.41) is 0. The van der Waals surface area contributed by atoms with E-state index < -0.39 is 0 Å². The van der Waals surface area contributed by atoms with E-state index >= 15 is 0 Å². The molecule has 1 aliphatic carbocycles. The molecule has 0 bridgehead atoms. The molecule has 2 aromatic carbocycles. The number of carbonyl (C=O) groups is 1. The van der Waals surface area contributed by atoms with Crippen molar-refractivity contribution in [1.82, 2.24) is 9.80 Å². The maximum Gasteiger partial charge on any atom is 0.226 e. The van der Waals surface area contributed by atoms with Gasteiger partial charge in [0.05, 0.1) is 0 Å². The Kier molecular flexibility index (Phi) is 6.66. The summed E-state index contributed by atoms with van der Waals surface area (Å²) >= 11 is 0. The van der Waals surface area contributed by atoms with Crippen molar-refractivity contribution in [3.63, 3.8) is 0 Å². The molecular weight excluding hydrogens is 356 g/mol. The van der Waals surface area contributed by atoms with Gasteiger partial charge in [0.1, 0.15) is 0 Å². The Hall–Kier alpha value is -2.13. The quantitative estimate of drug-likeness (QED) is 0.648. The highest BCUT2D eigenvalue weighted by molar-refractivity contribution is 5.79. The van der Waals surface area contributed by atoms with Crippen molar-refractivity contribution in [1.29, 1.82) is 0 Å². The minimum Gasteiger partial charge on any atom is -0.335 e. The first-order valence-corrected chi connectivity index (χ1v) is 11.3. The van der Waals surface area contributed by atoms with E-state index in [4.69, 9.17) is 0 Å². The lowest BCUT2D eigenvalue weighted by atomic mass is 9.93. The normalized spacial score (nSPS) is 19.1. The summed E-state index contributed by atoms with van der Waals surface area (Å²) in [4.78, 5) is 18.0. The van der Waals surface area contributed by atoms with Crippen LogP contribution in [0.5, 0.6) is 0 Å². The molecule has 2 aliphatic rings. The lowest BCUT2D eigenvalue weighted by molar-refractivity contribution is -0.138. The van der Waals surface area contributed by atoms with Gasteiger partial charge in [0.25, 0.3) is 0 Å². The molecule has 0 radical (unpaired) electrons. The summed E-state index contributed by atoms with van der Waals surface area (Å²) in [6.07, 6.45) is 5.50. The monoisotopic (exact) mass is 390 g/mol. The first-order valence-electron chi connectivity index (χ1n) is 11.3. The number of hydrogen-bond donors (Lipinski definition) is 0. The highest BCUT2D eigenvalue weighted by atomic mass is 16.2. The molecule has 1 saturated carbocycles. The predicted molar refractivity (Wildman–Crippen MR) is 118 cm³/mol. The molecule has 3 nitrogen and oxygen atoms in total. The van der Waals surface area contributed by atoms with Gasteiger partial charge in [0, 0.05) is 25.0 Å². The third-order valence-corrected chi connectivity index (χ3v) is 6.40. The molecule has 1 heterocycles. The Morgan fingerprint density at radius 3 is 2.10 bits per heavy atom. The van der Waals surface area contributed by atoms with Crippen LogP contribution in [0.15, 0.2) is 60.7 Å². The van der Waals surface area contributed by atoms with Crippen LogP contribution in [0.4, 0.5) is 0 Å². The van der Waals surface area contributed by atoms with Gasteiger partial charge in [-0.1, -0.05) is 67.6 Å². The molecular formula is C26H34N2O. The average Bonchev–Trinajstić information content (AvgIpc) is 3.59. The van der Waals surface area contributed by atoms with Crippen molar-refractivity contribution in [3.8, 4) is 0 Å². The van der Waals surface area contributed by atoms with Gasteiger partial charge in [-0.3, -0.25) is 4.79 Å². The maximum absolute atomic E-state index is 13.3. The molecule has 1 aliphatic heterocycles. The van der Waals surface area contributed by atoms with Gasteiger partial charge in [-0.2, -0.15) is 0 Å². The Morgan fingerprint density at radius 2 is 1.52 bits per heavy atom. The topological polar surface area (TPSA) is 23.6 Å². The number of hydrogen-bond acceptors (Lipinski definition) is 2. The maximum atomic E-state index is 13.3. The Balaban J connectivity index is 1.26. The standard InChI is InChI=1S/C26H34N2O/c1-21(18-22-8-4-2-5-9-22)19-27-16-14-24(15-17-27)26(29)28(25-12-13-25)20-23-10-6-3-7-11-23/h2-11,21,24-25H,12-20H2,1H3/t21-/m1/s1. The highest BCUT2D eigenvalue weighted by Gasteiger charge is 2.36. The molecule has 1 saturated heterocycles. The molecule has 29 heavy (non-hydrogen) atoms. The fourth-order valence-electron chi connectivity index (χ4n) is 4.67. The second kappa shape index (κ2) is 9.58. The lowest BCUT2D eigenvalue weighted by Gasteiger charge is -2.35. The van der Waals surface area contributed by atoms with Crippen molar-refractivity contribution in [2.24, 2.45) is 11.8 Å². The summed E-state index contributed by atoms with van der Waals surface area (Å²) < 4.78 is 0. The zero-order valence-corrected chi connectivity index (χ0v) is 17.7. The third kappa shape index (κ3) is 5.70. The number of carbonyl (C=O) groups excluding carboxylic acids is 1. The molecule has 2 aromatic rings. The van der Waals surface area contributed by atoms with Crippen LogP contribution >= 0.6 is 0 Å². The zero-order chi connectivity index (χ0) is 20.1. The molecule has 2 fully saturated rings. The molecule has 154 valence electrons. The minimum atomic E-state index is 0.208. The fourth-order valence-corrected chi connectivity index (χ4v) is 4.67. The Morgan fingerprint density at radius 1 is 0.931 bits per heavy atom. The van der Waals surface area contributed by atoms with Crippen LogP contribution < -0.4 is 0 Å². The van der Waals surface area contributed by atoms with Crippen molar-refractivity contribution >= 4 is 5.91 Å². The highest BCUT2D eigenvalue weighted by Crippen LogP contribution is 2.32. The van der Waals surface area contributed by atoms with Crippen LogP contribution in [0.2, 0.25) is 0 Å². The number of benzene rings is 2. The summed E-state index contributed by atoms with van der Waals surface area (Å²) in [6, 6.07) is 21.7. The predicted octanol–water partition coefficient (Wildman–Crippen LogP) is 4.77. The smallest absolute Gasteiger partial charge is 0.226 e. The van der Waals surface area contributed by atoms with Gasteiger partial charge < -0.3 is 9.80 Å². The van der Waals surface area contributed by atoms with Crippen molar-refractivity contribution < 1.29 is 4.79 Å². The molecule has 0 N–H and O–H groups in total. The largest absolute Gasteiger partial charge is 0.335 e. The SMILES string of the molecule is C[C@H](Cc1ccccc1)CN1CCC(C(=O)N(Cc2ccccc2)C2CC2)CC1. The van der Waals surface area contributed by atoms with Crippen LogP contribution in [0.1, 0.15) is 43.7 Å². The molecule has 0 unspecified atom stereocenters. The van der Waals surface area contributed by atoms with Gasteiger partial charge in [-0.05, 0) is 62.2 Å². The molecule has 1 atom stereocenters. The van der Waals surface area contributed by atoms with Gasteiger partial charge in [0.15, 0.2) is 0 Å². The molecule has 0 spiro atoms. The van der Waals surface area contributed by atoms with Gasteiger partial charge in [-0.15, -0.1) is 0 Å². The minimum absolute atomic E-state index is 0.208. The van der Waals surface area contributed by atoms with E-state index in [0.717, 1.165) is 45.4 Å². The Bertz CT molecular complexity index is 764. The third-order valence-electron chi connectivity index (χ3n) is 6.40. The Labute approximate surface area is 175 Å². The van der Waals surface area contributed by atoms with Gasteiger partial charge >= 0.3 is 0 Å².